The van der Waals surface area contributed by atoms with Gasteiger partial charge in [0, 0.05) is 5.69 Å². The number of carbonyl (C=O) groups excluding carboxylic acids is 2. The van der Waals surface area contributed by atoms with Crippen LogP contribution in [0.1, 0.15) is 28.4 Å². The highest BCUT2D eigenvalue weighted by atomic mass is 19.1. The maximum atomic E-state index is 13.0. The molecule has 3 aromatic carbocycles. The summed E-state index contributed by atoms with van der Waals surface area (Å²) in [6, 6.07) is 20.7. The van der Waals surface area contributed by atoms with E-state index in [-0.39, 0.29) is 23.7 Å². The Labute approximate surface area is 178 Å². The Balaban J connectivity index is 1.63. The van der Waals surface area contributed by atoms with Crippen molar-refractivity contribution in [3.63, 3.8) is 0 Å². The lowest BCUT2D eigenvalue weighted by molar-refractivity contribution is -0.123. The molecule has 1 unspecified atom stereocenters. The molecule has 3 rings (SSSR count). The SMILES string of the molecule is CC(OC(=O)c1ccccc1OCc1ccc(F)cc1)C(=O)Nc1cccc(C#N)c1. The zero-order chi connectivity index (χ0) is 22.2. The first-order valence-corrected chi connectivity index (χ1v) is 9.44. The molecule has 0 saturated carbocycles. The van der Waals surface area contributed by atoms with Gasteiger partial charge in [-0.3, -0.25) is 4.79 Å². The van der Waals surface area contributed by atoms with E-state index < -0.39 is 18.0 Å². The fourth-order valence-electron chi connectivity index (χ4n) is 2.69. The van der Waals surface area contributed by atoms with Crippen LogP contribution in [0.15, 0.2) is 72.8 Å². The molecule has 156 valence electrons. The molecule has 31 heavy (non-hydrogen) atoms. The van der Waals surface area contributed by atoms with E-state index >= 15 is 0 Å². The smallest absolute Gasteiger partial charge is 0.342 e. The topological polar surface area (TPSA) is 88.4 Å². The van der Waals surface area contributed by atoms with Gasteiger partial charge in [0.2, 0.25) is 0 Å². The lowest BCUT2D eigenvalue weighted by Crippen LogP contribution is -2.30. The van der Waals surface area contributed by atoms with Crippen molar-refractivity contribution >= 4 is 17.6 Å². The number of hydrogen-bond donors (Lipinski definition) is 1. The highest BCUT2D eigenvalue weighted by molar-refractivity contribution is 5.98. The Bertz CT molecular complexity index is 1120. The molecule has 3 aromatic rings. The molecule has 0 fully saturated rings. The van der Waals surface area contributed by atoms with Crippen LogP contribution in [0.25, 0.3) is 0 Å². The standard InChI is InChI=1S/C24H19FN2O4/c1-16(23(28)27-20-6-4-5-18(13-20)14-26)31-24(29)21-7-2-3-8-22(21)30-15-17-9-11-19(25)12-10-17/h2-13,16H,15H2,1H3,(H,27,28). The third-order valence-electron chi connectivity index (χ3n) is 4.33. The Kier molecular flexibility index (Phi) is 6.97. The maximum Gasteiger partial charge on any atom is 0.342 e. The summed E-state index contributed by atoms with van der Waals surface area (Å²) in [7, 11) is 0. The maximum absolute atomic E-state index is 13.0. The molecule has 6 nitrogen and oxygen atoms in total. The molecule has 0 heterocycles. The lowest BCUT2D eigenvalue weighted by Gasteiger charge is -2.15. The molecule has 0 aliphatic rings. The minimum atomic E-state index is -1.08. The van der Waals surface area contributed by atoms with Gasteiger partial charge >= 0.3 is 5.97 Å². The molecular weight excluding hydrogens is 399 g/mol. The van der Waals surface area contributed by atoms with E-state index in [9.17, 15) is 14.0 Å². The third kappa shape index (κ3) is 5.90. The van der Waals surface area contributed by atoms with Gasteiger partial charge in [-0.15, -0.1) is 0 Å². The van der Waals surface area contributed by atoms with Crippen LogP contribution in [0.4, 0.5) is 10.1 Å². The van der Waals surface area contributed by atoms with Crippen molar-refractivity contribution in [2.75, 3.05) is 5.32 Å². The predicted octanol–water partition coefficient (Wildman–Crippen LogP) is 4.46. The number of para-hydroxylation sites is 1. The number of benzene rings is 3. The van der Waals surface area contributed by atoms with Crippen LogP contribution in [0.2, 0.25) is 0 Å². The van der Waals surface area contributed by atoms with Gasteiger partial charge < -0.3 is 14.8 Å². The van der Waals surface area contributed by atoms with Crippen LogP contribution in [0.3, 0.4) is 0 Å². The van der Waals surface area contributed by atoms with Gasteiger partial charge in [-0.05, 0) is 55.0 Å². The second-order valence-electron chi connectivity index (χ2n) is 6.64. The van der Waals surface area contributed by atoms with Gasteiger partial charge in [-0.25, -0.2) is 9.18 Å². The average molecular weight is 418 g/mol. The van der Waals surface area contributed by atoms with E-state index in [4.69, 9.17) is 14.7 Å². The van der Waals surface area contributed by atoms with Gasteiger partial charge in [0.15, 0.2) is 6.10 Å². The molecule has 0 aliphatic carbocycles. The molecule has 1 N–H and O–H groups in total. The van der Waals surface area contributed by atoms with Gasteiger partial charge in [-0.2, -0.15) is 5.26 Å². The number of anilines is 1. The van der Waals surface area contributed by atoms with Crippen LogP contribution < -0.4 is 10.1 Å². The fraction of sp³-hybridized carbons (Fsp3) is 0.125. The van der Waals surface area contributed by atoms with E-state index in [2.05, 4.69) is 5.32 Å². The van der Waals surface area contributed by atoms with E-state index in [0.29, 0.717) is 11.3 Å². The monoisotopic (exact) mass is 418 g/mol. The Morgan fingerprint density at radius 2 is 1.81 bits per heavy atom. The first-order valence-electron chi connectivity index (χ1n) is 9.44. The minimum absolute atomic E-state index is 0.135. The number of rotatable bonds is 7. The molecule has 0 spiro atoms. The summed E-state index contributed by atoms with van der Waals surface area (Å²) in [6.45, 7) is 1.58. The van der Waals surface area contributed by atoms with Crippen LogP contribution in [-0.4, -0.2) is 18.0 Å². The Hall–Kier alpha value is -4.18. The van der Waals surface area contributed by atoms with Crippen molar-refractivity contribution in [2.24, 2.45) is 0 Å². The summed E-state index contributed by atoms with van der Waals surface area (Å²) in [5.41, 5.74) is 1.72. The highest BCUT2D eigenvalue weighted by Gasteiger charge is 2.21. The molecule has 0 aliphatic heterocycles. The van der Waals surface area contributed by atoms with E-state index in [0.717, 1.165) is 5.56 Å². The zero-order valence-electron chi connectivity index (χ0n) is 16.7. The zero-order valence-corrected chi connectivity index (χ0v) is 16.7. The van der Waals surface area contributed by atoms with Gasteiger partial charge in [-0.1, -0.05) is 30.3 Å². The van der Waals surface area contributed by atoms with E-state index in [1.165, 1.54) is 31.2 Å². The van der Waals surface area contributed by atoms with E-state index in [1.807, 2.05) is 6.07 Å². The average Bonchev–Trinajstić information content (AvgIpc) is 2.79. The summed E-state index contributed by atoms with van der Waals surface area (Å²) in [4.78, 5) is 25.0. The number of carbonyl (C=O) groups is 2. The summed E-state index contributed by atoms with van der Waals surface area (Å²) < 4.78 is 24.0. The molecule has 0 saturated heterocycles. The van der Waals surface area contributed by atoms with Gasteiger partial charge in [0.25, 0.3) is 5.91 Å². The first-order chi connectivity index (χ1) is 15.0. The molecular formula is C24H19FN2O4. The highest BCUT2D eigenvalue weighted by Crippen LogP contribution is 2.21. The number of halogens is 1. The van der Waals surface area contributed by atoms with E-state index in [1.54, 1.807) is 48.5 Å². The molecule has 1 amide bonds. The van der Waals surface area contributed by atoms with Crippen LogP contribution in [-0.2, 0) is 16.1 Å². The first kappa shape index (κ1) is 21.5. The molecule has 0 bridgehead atoms. The predicted molar refractivity (Wildman–Crippen MR) is 112 cm³/mol. The third-order valence-corrected chi connectivity index (χ3v) is 4.33. The van der Waals surface area contributed by atoms with Gasteiger partial charge in [0.1, 0.15) is 23.7 Å². The molecule has 7 heteroatoms. The molecule has 0 aromatic heterocycles. The van der Waals surface area contributed by atoms with Crippen molar-refractivity contribution in [1.29, 1.82) is 5.26 Å². The summed E-state index contributed by atoms with van der Waals surface area (Å²) >= 11 is 0. The number of hydrogen-bond acceptors (Lipinski definition) is 5. The second-order valence-corrected chi connectivity index (χ2v) is 6.64. The molecule has 0 radical (unpaired) electrons. The quantitative estimate of drug-likeness (QED) is 0.573. The number of nitrogens with zero attached hydrogens (tertiary/aromatic N) is 1. The number of nitriles is 1. The Morgan fingerprint density at radius 1 is 1.06 bits per heavy atom. The van der Waals surface area contributed by atoms with Crippen molar-refractivity contribution in [3.8, 4) is 11.8 Å². The van der Waals surface area contributed by atoms with Crippen LogP contribution in [0.5, 0.6) is 5.75 Å². The second kappa shape index (κ2) is 10.0. The van der Waals surface area contributed by atoms with Crippen molar-refractivity contribution < 1.29 is 23.5 Å². The van der Waals surface area contributed by atoms with Crippen molar-refractivity contribution in [1.82, 2.24) is 0 Å². The lowest BCUT2D eigenvalue weighted by atomic mass is 10.2. The summed E-state index contributed by atoms with van der Waals surface area (Å²) in [6.07, 6.45) is -1.08. The van der Waals surface area contributed by atoms with Crippen molar-refractivity contribution in [2.45, 2.75) is 19.6 Å². The number of esters is 1. The number of ether oxygens (including phenoxy) is 2. The minimum Gasteiger partial charge on any atom is -0.488 e. The molecule has 1 atom stereocenters. The summed E-state index contributed by atoms with van der Waals surface area (Å²) in [5, 5.41) is 11.6. The van der Waals surface area contributed by atoms with Crippen LogP contribution >= 0.6 is 0 Å². The van der Waals surface area contributed by atoms with Crippen molar-refractivity contribution in [3.05, 3.63) is 95.3 Å². The Morgan fingerprint density at radius 3 is 2.55 bits per heavy atom. The number of amides is 1. The summed E-state index contributed by atoms with van der Waals surface area (Å²) in [5.74, 6) is -1.32. The largest absolute Gasteiger partial charge is 0.488 e. The fourth-order valence-corrected chi connectivity index (χ4v) is 2.69. The number of nitrogens with one attached hydrogen (secondary N) is 1. The normalized spacial score (nSPS) is 11.1. The van der Waals surface area contributed by atoms with Crippen LogP contribution in [0, 0.1) is 17.1 Å². The van der Waals surface area contributed by atoms with Gasteiger partial charge in [0.05, 0.1) is 11.6 Å².